The molecule has 2 aromatic heterocycles. The molecule has 2 atom stereocenters. The second-order valence-electron chi connectivity index (χ2n) is 7.23. The van der Waals surface area contributed by atoms with Crippen LogP contribution in [0.5, 0.6) is 0 Å². The summed E-state index contributed by atoms with van der Waals surface area (Å²) in [5, 5.41) is 12.1. The highest BCUT2D eigenvalue weighted by molar-refractivity contribution is 6.19. The maximum absolute atomic E-state index is 12.2. The van der Waals surface area contributed by atoms with Gasteiger partial charge in [0.05, 0.1) is 10.9 Å². The summed E-state index contributed by atoms with van der Waals surface area (Å²) < 4.78 is 1.71. The zero-order valence-corrected chi connectivity index (χ0v) is 15.2. The molecule has 0 radical (unpaired) electrons. The highest BCUT2D eigenvalue weighted by Crippen LogP contribution is 2.30. The molecular weight excluding hydrogens is 332 g/mol. The molecule has 2 aliphatic heterocycles. The van der Waals surface area contributed by atoms with Crippen molar-refractivity contribution < 1.29 is 9.59 Å². The van der Waals surface area contributed by atoms with Crippen molar-refractivity contribution in [1.82, 2.24) is 20.1 Å². The van der Waals surface area contributed by atoms with Gasteiger partial charge in [0.2, 0.25) is 11.8 Å². The van der Waals surface area contributed by atoms with Gasteiger partial charge in [-0.15, -0.1) is 0 Å². The van der Waals surface area contributed by atoms with Crippen LogP contribution in [-0.2, 0) is 16.6 Å². The van der Waals surface area contributed by atoms with Gasteiger partial charge < -0.3 is 10.6 Å². The lowest BCUT2D eigenvalue weighted by molar-refractivity contribution is -0.129. The van der Waals surface area contributed by atoms with Crippen molar-refractivity contribution in [2.45, 2.75) is 38.6 Å². The molecule has 2 aromatic rings. The van der Waals surface area contributed by atoms with Crippen molar-refractivity contribution in [3.8, 4) is 0 Å². The molecule has 2 aliphatic rings. The van der Waals surface area contributed by atoms with Crippen LogP contribution in [0, 0.1) is 5.92 Å². The van der Waals surface area contributed by atoms with E-state index >= 15 is 0 Å². The SMILES string of the molecule is C[C@@H]1CNCC[C@H]1Nc1cc2c(cn1)c(N1C(=O)CCCC1=O)nn2C. The number of carbonyl (C=O) groups is 2. The molecular formula is C18H24N6O2. The van der Waals surface area contributed by atoms with Gasteiger partial charge in [0.25, 0.3) is 0 Å². The van der Waals surface area contributed by atoms with Crippen molar-refractivity contribution >= 4 is 34.4 Å². The molecule has 0 saturated carbocycles. The van der Waals surface area contributed by atoms with E-state index in [-0.39, 0.29) is 11.8 Å². The van der Waals surface area contributed by atoms with E-state index in [0.29, 0.717) is 37.0 Å². The van der Waals surface area contributed by atoms with Crippen LogP contribution in [0.3, 0.4) is 0 Å². The van der Waals surface area contributed by atoms with Crippen LogP contribution in [0.1, 0.15) is 32.6 Å². The zero-order chi connectivity index (χ0) is 18.3. The Morgan fingerprint density at radius 1 is 1.27 bits per heavy atom. The van der Waals surface area contributed by atoms with Gasteiger partial charge in [-0.3, -0.25) is 14.3 Å². The molecule has 8 nitrogen and oxygen atoms in total. The number of hydrogen-bond acceptors (Lipinski definition) is 6. The summed E-state index contributed by atoms with van der Waals surface area (Å²) in [6, 6.07) is 2.32. The third-order valence-corrected chi connectivity index (χ3v) is 5.33. The lowest BCUT2D eigenvalue weighted by atomic mass is 9.95. The first-order valence-corrected chi connectivity index (χ1v) is 9.20. The summed E-state index contributed by atoms with van der Waals surface area (Å²) in [7, 11) is 1.82. The maximum atomic E-state index is 12.2. The topological polar surface area (TPSA) is 92.2 Å². The molecule has 8 heteroatoms. The first-order chi connectivity index (χ1) is 12.5. The average Bonchev–Trinajstić information content (AvgIpc) is 2.93. The quantitative estimate of drug-likeness (QED) is 0.808. The molecule has 2 fully saturated rings. The Hall–Kier alpha value is -2.48. The molecule has 0 bridgehead atoms. The number of imide groups is 1. The predicted molar refractivity (Wildman–Crippen MR) is 98.9 cm³/mol. The molecule has 0 spiro atoms. The molecule has 0 aromatic carbocycles. The van der Waals surface area contributed by atoms with Gasteiger partial charge in [-0.2, -0.15) is 5.10 Å². The number of anilines is 2. The van der Waals surface area contributed by atoms with Crippen molar-refractivity contribution in [3.05, 3.63) is 12.3 Å². The fraction of sp³-hybridized carbons (Fsp3) is 0.556. The lowest BCUT2D eigenvalue weighted by Crippen LogP contribution is -2.42. The highest BCUT2D eigenvalue weighted by Gasteiger charge is 2.31. The number of nitrogens with one attached hydrogen (secondary N) is 2. The number of nitrogens with zero attached hydrogens (tertiary/aromatic N) is 4. The number of piperidine rings is 2. The van der Waals surface area contributed by atoms with Crippen LogP contribution in [0.15, 0.2) is 12.3 Å². The van der Waals surface area contributed by atoms with E-state index in [1.165, 1.54) is 4.90 Å². The molecule has 138 valence electrons. The first kappa shape index (κ1) is 17.0. The second kappa shape index (κ2) is 6.68. The largest absolute Gasteiger partial charge is 0.367 e. The Bertz CT molecular complexity index is 845. The minimum atomic E-state index is -0.188. The van der Waals surface area contributed by atoms with E-state index in [1.807, 2.05) is 13.1 Å². The van der Waals surface area contributed by atoms with Crippen LogP contribution >= 0.6 is 0 Å². The van der Waals surface area contributed by atoms with Crippen LogP contribution in [-0.4, -0.2) is 45.7 Å². The number of carbonyl (C=O) groups excluding carboxylic acids is 2. The Balaban J connectivity index is 1.66. The molecule has 4 rings (SSSR count). The van der Waals surface area contributed by atoms with Crippen LogP contribution in [0.25, 0.3) is 10.9 Å². The van der Waals surface area contributed by atoms with Gasteiger partial charge in [0, 0.05) is 38.2 Å². The summed E-state index contributed by atoms with van der Waals surface area (Å²) >= 11 is 0. The maximum Gasteiger partial charge on any atom is 0.235 e. The highest BCUT2D eigenvalue weighted by atomic mass is 16.2. The molecule has 2 amide bonds. The summed E-state index contributed by atoms with van der Waals surface area (Å²) in [6.45, 7) is 4.21. The summed E-state index contributed by atoms with van der Waals surface area (Å²) in [6.07, 6.45) is 4.13. The normalized spacial score (nSPS) is 24.3. The standard InChI is InChI=1S/C18H24N6O2/c1-11-9-19-7-6-13(11)21-15-8-14-12(10-20-15)18(22-23(14)2)24-16(25)4-3-5-17(24)26/h8,10-11,13,19H,3-7,9H2,1-2H3,(H,20,21)/t11-,13-/m1/s1. The van der Waals surface area contributed by atoms with Gasteiger partial charge in [0.15, 0.2) is 5.82 Å². The third kappa shape index (κ3) is 2.94. The van der Waals surface area contributed by atoms with Crippen molar-refractivity contribution in [2.75, 3.05) is 23.3 Å². The summed E-state index contributed by atoms with van der Waals surface area (Å²) in [5.74, 6) is 1.33. The molecule has 26 heavy (non-hydrogen) atoms. The van der Waals surface area contributed by atoms with Crippen LogP contribution < -0.4 is 15.5 Å². The number of amides is 2. The van der Waals surface area contributed by atoms with Crippen molar-refractivity contribution in [2.24, 2.45) is 13.0 Å². The minimum absolute atomic E-state index is 0.188. The number of fused-ring (bicyclic) bond motifs is 1. The summed E-state index contributed by atoms with van der Waals surface area (Å²) in [5.41, 5.74) is 0.852. The third-order valence-electron chi connectivity index (χ3n) is 5.33. The van der Waals surface area contributed by atoms with E-state index in [0.717, 1.165) is 36.2 Å². The van der Waals surface area contributed by atoms with E-state index in [1.54, 1.807) is 10.9 Å². The number of pyridine rings is 1. The van der Waals surface area contributed by atoms with E-state index in [4.69, 9.17) is 0 Å². The van der Waals surface area contributed by atoms with Gasteiger partial charge in [-0.05, 0) is 31.8 Å². The van der Waals surface area contributed by atoms with E-state index < -0.39 is 0 Å². The van der Waals surface area contributed by atoms with E-state index in [9.17, 15) is 9.59 Å². The number of rotatable bonds is 3. The van der Waals surface area contributed by atoms with Gasteiger partial charge in [-0.1, -0.05) is 6.92 Å². The average molecular weight is 356 g/mol. The van der Waals surface area contributed by atoms with Crippen LogP contribution in [0.2, 0.25) is 0 Å². The number of hydrogen-bond donors (Lipinski definition) is 2. The fourth-order valence-electron chi connectivity index (χ4n) is 3.79. The number of aromatic nitrogens is 3. The fourth-order valence-corrected chi connectivity index (χ4v) is 3.79. The van der Waals surface area contributed by atoms with E-state index in [2.05, 4.69) is 27.6 Å². The molecule has 2 N–H and O–H groups in total. The Morgan fingerprint density at radius 3 is 2.77 bits per heavy atom. The predicted octanol–water partition coefficient (Wildman–Crippen LogP) is 1.42. The van der Waals surface area contributed by atoms with Gasteiger partial charge >= 0.3 is 0 Å². The molecule has 0 aliphatic carbocycles. The lowest BCUT2D eigenvalue weighted by Gasteiger charge is -2.30. The van der Waals surface area contributed by atoms with Crippen molar-refractivity contribution in [3.63, 3.8) is 0 Å². The van der Waals surface area contributed by atoms with Crippen molar-refractivity contribution in [1.29, 1.82) is 0 Å². The summed E-state index contributed by atoms with van der Waals surface area (Å²) in [4.78, 5) is 30.2. The Morgan fingerprint density at radius 2 is 2.04 bits per heavy atom. The monoisotopic (exact) mass is 356 g/mol. The molecule has 2 saturated heterocycles. The Kier molecular flexibility index (Phi) is 4.36. The minimum Gasteiger partial charge on any atom is -0.367 e. The molecule has 4 heterocycles. The second-order valence-corrected chi connectivity index (χ2v) is 7.23. The van der Waals surface area contributed by atoms with Gasteiger partial charge in [-0.25, -0.2) is 9.88 Å². The van der Waals surface area contributed by atoms with Gasteiger partial charge in [0.1, 0.15) is 5.82 Å². The molecule has 0 unspecified atom stereocenters. The number of aryl methyl sites for hydroxylation is 1. The zero-order valence-electron chi connectivity index (χ0n) is 15.2. The smallest absolute Gasteiger partial charge is 0.235 e. The first-order valence-electron chi connectivity index (χ1n) is 9.20. The van der Waals surface area contributed by atoms with Crippen LogP contribution in [0.4, 0.5) is 11.6 Å². The Labute approximate surface area is 151 Å².